The van der Waals surface area contributed by atoms with Crippen molar-refractivity contribution >= 4 is 23.4 Å². The molecular weight excluding hydrogens is 406 g/mol. The van der Waals surface area contributed by atoms with Crippen molar-refractivity contribution in [2.45, 2.75) is 17.1 Å². The second kappa shape index (κ2) is 9.10. The normalized spacial score (nSPS) is 11.8. The number of nitrogens with zero attached hydrogens (tertiary/aromatic N) is 2. The van der Waals surface area contributed by atoms with Crippen LogP contribution in [0.25, 0.3) is 5.69 Å². The summed E-state index contributed by atoms with van der Waals surface area (Å²) in [6.45, 7) is 1.83. The van der Waals surface area contributed by atoms with Gasteiger partial charge in [-0.05, 0) is 36.8 Å². The summed E-state index contributed by atoms with van der Waals surface area (Å²) in [5.41, 5.74) is 2.36. The number of benzene rings is 3. The molecule has 4 rings (SSSR count). The van der Waals surface area contributed by atoms with Crippen LogP contribution in [0, 0.1) is 6.92 Å². The lowest BCUT2D eigenvalue weighted by molar-refractivity contribution is -0.115. The molecule has 1 atom stereocenters. The zero-order valence-electron chi connectivity index (χ0n) is 17.4. The molecule has 1 N–H and O–H groups in total. The molecule has 1 aromatic heterocycles. The number of para-hydroxylation sites is 1. The third kappa shape index (κ3) is 4.34. The van der Waals surface area contributed by atoms with Crippen molar-refractivity contribution in [3.05, 3.63) is 113 Å². The Morgan fingerprint density at radius 2 is 1.42 bits per heavy atom. The summed E-state index contributed by atoms with van der Waals surface area (Å²) in [7, 11) is 1.81. The topological polar surface area (TPSA) is 56.0 Å². The van der Waals surface area contributed by atoms with E-state index in [-0.39, 0.29) is 11.5 Å². The molecule has 0 aliphatic rings. The minimum Gasteiger partial charge on any atom is -0.319 e. The van der Waals surface area contributed by atoms with Crippen LogP contribution in [-0.2, 0) is 11.8 Å². The van der Waals surface area contributed by atoms with Crippen molar-refractivity contribution in [3.8, 4) is 5.69 Å². The molecule has 0 aliphatic heterocycles. The molecule has 31 heavy (non-hydrogen) atoms. The summed E-state index contributed by atoms with van der Waals surface area (Å²) in [6.07, 6.45) is 0. The first-order valence-corrected chi connectivity index (χ1v) is 10.9. The highest BCUT2D eigenvalue weighted by atomic mass is 32.2. The standard InChI is InChI=1S/C25H23N3O2S/c1-18-22(25(30)28(27(18)2)20-14-8-4-9-15-20)26-24(29)23(19-12-6-3-7-13-19)31-21-16-10-5-11-17-21/h3-17,23H,1-2H3,(H,26,29). The average molecular weight is 430 g/mol. The van der Waals surface area contributed by atoms with Gasteiger partial charge in [-0.1, -0.05) is 66.7 Å². The fourth-order valence-corrected chi connectivity index (χ4v) is 4.48. The maximum absolute atomic E-state index is 13.4. The third-order valence-electron chi connectivity index (χ3n) is 5.14. The van der Waals surface area contributed by atoms with E-state index in [0.717, 1.165) is 16.1 Å². The van der Waals surface area contributed by atoms with Crippen molar-refractivity contribution in [1.29, 1.82) is 0 Å². The second-order valence-corrected chi connectivity index (χ2v) is 8.33. The summed E-state index contributed by atoms with van der Waals surface area (Å²) in [5, 5.41) is 2.42. The van der Waals surface area contributed by atoms with Crippen molar-refractivity contribution < 1.29 is 4.79 Å². The Morgan fingerprint density at radius 1 is 0.871 bits per heavy atom. The second-order valence-electron chi connectivity index (χ2n) is 7.15. The highest BCUT2D eigenvalue weighted by Crippen LogP contribution is 2.36. The monoisotopic (exact) mass is 429 g/mol. The Labute approximate surface area is 185 Å². The number of nitrogens with one attached hydrogen (secondary N) is 1. The molecule has 0 saturated carbocycles. The van der Waals surface area contributed by atoms with Gasteiger partial charge in [0.25, 0.3) is 5.56 Å². The Bertz CT molecular complexity index is 1230. The molecule has 4 aromatic rings. The molecule has 0 bridgehead atoms. The molecule has 0 spiro atoms. The van der Waals surface area contributed by atoms with Gasteiger partial charge in [-0.15, -0.1) is 11.8 Å². The largest absolute Gasteiger partial charge is 0.319 e. The van der Waals surface area contributed by atoms with Gasteiger partial charge in [-0.25, -0.2) is 4.68 Å². The fourth-order valence-electron chi connectivity index (χ4n) is 3.44. The van der Waals surface area contributed by atoms with Gasteiger partial charge in [0.05, 0.1) is 11.4 Å². The minimum absolute atomic E-state index is 0.230. The Morgan fingerprint density at radius 3 is 2.03 bits per heavy atom. The van der Waals surface area contributed by atoms with Crippen LogP contribution >= 0.6 is 11.8 Å². The summed E-state index contributed by atoms with van der Waals surface area (Å²) < 4.78 is 3.32. The molecular formula is C25H23N3O2S. The molecule has 5 nitrogen and oxygen atoms in total. The van der Waals surface area contributed by atoms with Crippen LogP contribution in [0.4, 0.5) is 5.69 Å². The van der Waals surface area contributed by atoms with E-state index in [0.29, 0.717) is 11.4 Å². The van der Waals surface area contributed by atoms with Crippen molar-refractivity contribution in [2.24, 2.45) is 7.05 Å². The van der Waals surface area contributed by atoms with Gasteiger partial charge < -0.3 is 5.32 Å². The number of anilines is 1. The summed E-state index contributed by atoms with van der Waals surface area (Å²) >= 11 is 1.46. The maximum atomic E-state index is 13.4. The van der Waals surface area contributed by atoms with E-state index in [1.807, 2.05) is 105 Å². The predicted molar refractivity (Wildman–Crippen MR) is 126 cm³/mol. The van der Waals surface area contributed by atoms with Gasteiger partial charge in [-0.3, -0.25) is 14.3 Å². The number of thioether (sulfide) groups is 1. The van der Waals surface area contributed by atoms with Gasteiger partial charge in [0, 0.05) is 11.9 Å². The molecule has 6 heteroatoms. The fraction of sp³-hybridized carbons (Fsp3) is 0.120. The zero-order chi connectivity index (χ0) is 21.8. The van der Waals surface area contributed by atoms with E-state index in [4.69, 9.17) is 0 Å². The average Bonchev–Trinajstić information content (AvgIpc) is 3.02. The van der Waals surface area contributed by atoms with E-state index >= 15 is 0 Å². The van der Waals surface area contributed by atoms with Gasteiger partial charge in [-0.2, -0.15) is 0 Å². The maximum Gasteiger partial charge on any atom is 0.295 e. The molecule has 156 valence electrons. The first-order chi connectivity index (χ1) is 15.1. The van der Waals surface area contributed by atoms with Crippen molar-refractivity contribution in [3.63, 3.8) is 0 Å². The number of aromatic nitrogens is 2. The van der Waals surface area contributed by atoms with Gasteiger partial charge in [0.2, 0.25) is 5.91 Å². The number of carbonyl (C=O) groups is 1. The molecule has 1 unspecified atom stereocenters. The Kier molecular flexibility index (Phi) is 6.09. The SMILES string of the molecule is Cc1c(NC(=O)C(Sc2ccccc2)c2ccccc2)c(=O)n(-c2ccccc2)n1C. The number of hydrogen-bond donors (Lipinski definition) is 1. The highest BCUT2D eigenvalue weighted by molar-refractivity contribution is 8.00. The van der Waals surface area contributed by atoms with Crippen LogP contribution in [-0.4, -0.2) is 15.3 Å². The van der Waals surface area contributed by atoms with Crippen molar-refractivity contribution in [1.82, 2.24) is 9.36 Å². The zero-order valence-corrected chi connectivity index (χ0v) is 18.2. The lowest BCUT2D eigenvalue weighted by atomic mass is 10.1. The number of carbonyl (C=O) groups excluding carboxylic acids is 1. The first-order valence-electron chi connectivity index (χ1n) is 9.98. The first kappa shape index (κ1) is 20.8. The molecule has 0 aliphatic carbocycles. The molecule has 1 amide bonds. The van der Waals surface area contributed by atoms with Gasteiger partial charge in [0.1, 0.15) is 10.9 Å². The van der Waals surface area contributed by atoms with Crippen LogP contribution in [0.3, 0.4) is 0 Å². The summed E-state index contributed by atoms with van der Waals surface area (Å²) in [5.74, 6) is -0.230. The van der Waals surface area contributed by atoms with Crippen LogP contribution < -0.4 is 10.9 Å². The Balaban J connectivity index is 1.69. The highest BCUT2D eigenvalue weighted by Gasteiger charge is 2.25. The number of amides is 1. The Hall–Kier alpha value is -3.51. The molecule has 0 fully saturated rings. The van der Waals surface area contributed by atoms with Gasteiger partial charge >= 0.3 is 0 Å². The van der Waals surface area contributed by atoms with Crippen molar-refractivity contribution in [2.75, 3.05) is 5.32 Å². The summed E-state index contributed by atoms with van der Waals surface area (Å²) in [4.78, 5) is 27.6. The van der Waals surface area contributed by atoms with E-state index in [1.54, 1.807) is 9.36 Å². The smallest absolute Gasteiger partial charge is 0.295 e. The van der Waals surface area contributed by atoms with E-state index in [9.17, 15) is 9.59 Å². The number of rotatable bonds is 6. The summed E-state index contributed by atoms with van der Waals surface area (Å²) in [6, 6.07) is 28.8. The van der Waals surface area contributed by atoms with E-state index in [2.05, 4.69) is 5.32 Å². The van der Waals surface area contributed by atoms with E-state index < -0.39 is 5.25 Å². The van der Waals surface area contributed by atoms with Gasteiger partial charge in [0.15, 0.2) is 0 Å². The molecule has 0 radical (unpaired) electrons. The quantitative estimate of drug-likeness (QED) is 0.441. The van der Waals surface area contributed by atoms with Crippen LogP contribution in [0.5, 0.6) is 0 Å². The lowest BCUT2D eigenvalue weighted by Crippen LogP contribution is -2.25. The van der Waals surface area contributed by atoms with Crippen LogP contribution in [0.1, 0.15) is 16.5 Å². The van der Waals surface area contributed by atoms with Crippen LogP contribution in [0.15, 0.2) is 101 Å². The molecule has 0 saturated heterocycles. The van der Waals surface area contributed by atoms with Crippen LogP contribution in [0.2, 0.25) is 0 Å². The number of hydrogen-bond acceptors (Lipinski definition) is 3. The lowest BCUT2D eigenvalue weighted by Gasteiger charge is -2.16. The molecule has 3 aromatic carbocycles. The molecule has 1 heterocycles. The third-order valence-corrected chi connectivity index (χ3v) is 6.41. The van der Waals surface area contributed by atoms with E-state index in [1.165, 1.54) is 11.8 Å². The minimum atomic E-state index is -0.493. The predicted octanol–water partition coefficient (Wildman–Crippen LogP) is 4.96.